The summed E-state index contributed by atoms with van der Waals surface area (Å²) in [5, 5.41) is 4.76. The van der Waals surface area contributed by atoms with E-state index < -0.39 is 5.82 Å². The zero-order valence-corrected chi connectivity index (χ0v) is 18.3. The third kappa shape index (κ3) is 4.10. The van der Waals surface area contributed by atoms with E-state index in [1.807, 2.05) is 24.3 Å². The predicted molar refractivity (Wildman–Crippen MR) is 123 cm³/mol. The van der Waals surface area contributed by atoms with Gasteiger partial charge in [0, 0.05) is 5.56 Å². The van der Waals surface area contributed by atoms with Crippen molar-refractivity contribution < 1.29 is 13.7 Å². The molecule has 9 heteroatoms. The molecule has 2 aromatic heterocycles. The van der Waals surface area contributed by atoms with Gasteiger partial charge in [0.2, 0.25) is 11.7 Å². The second kappa shape index (κ2) is 8.87. The summed E-state index contributed by atoms with van der Waals surface area (Å²) in [7, 11) is 1.59. The third-order valence-corrected chi connectivity index (χ3v) is 5.88. The van der Waals surface area contributed by atoms with E-state index in [-0.39, 0.29) is 17.0 Å². The van der Waals surface area contributed by atoms with Crippen molar-refractivity contribution in [1.29, 1.82) is 0 Å². The molecular weight excluding hydrogens is 443 g/mol. The van der Waals surface area contributed by atoms with Crippen molar-refractivity contribution in [1.82, 2.24) is 19.7 Å². The van der Waals surface area contributed by atoms with Crippen molar-refractivity contribution in [2.45, 2.75) is 10.9 Å². The molecule has 5 rings (SSSR count). The molecule has 0 aliphatic carbocycles. The molecule has 33 heavy (non-hydrogen) atoms. The van der Waals surface area contributed by atoms with E-state index in [9.17, 15) is 9.18 Å². The van der Waals surface area contributed by atoms with Gasteiger partial charge in [-0.1, -0.05) is 53.3 Å². The molecule has 0 aliphatic heterocycles. The summed E-state index contributed by atoms with van der Waals surface area (Å²) in [6.45, 7) is 0. The maximum Gasteiger partial charge on any atom is 0.266 e. The largest absolute Gasteiger partial charge is 0.497 e. The first kappa shape index (κ1) is 20.9. The fourth-order valence-electron chi connectivity index (χ4n) is 3.37. The number of ether oxygens (including phenoxy) is 1. The lowest BCUT2D eigenvalue weighted by Crippen LogP contribution is -2.22. The van der Waals surface area contributed by atoms with Gasteiger partial charge in [0.25, 0.3) is 5.56 Å². The van der Waals surface area contributed by atoms with Gasteiger partial charge in [-0.2, -0.15) is 4.98 Å². The Morgan fingerprint density at radius 1 is 1.03 bits per heavy atom. The molecule has 0 bridgehead atoms. The Hall–Kier alpha value is -3.98. The highest BCUT2D eigenvalue weighted by molar-refractivity contribution is 7.98. The topological polar surface area (TPSA) is 83.0 Å². The fraction of sp³-hybridized carbons (Fsp3) is 0.0833. The second-order valence-corrected chi connectivity index (χ2v) is 7.98. The molecule has 0 amide bonds. The molecule has 0 aliphatic rings. The van der Waals surface area contributed by atoms with Gasteiger partial charge in [0.15, 0.2) is 5.16 Å². The average molecular weight is 460 g/mol. The summed E-state index contributed by atoms with van der Waals surface area (Å²) in [5.41, 5.74) is 1.06. The normalized spacial score (nSPS) is 11.1. The van der Waals surface area contributed by atoms with Crippen LogP contribution in [0.4, 0.5) is 4.39 Å². The van der Waals surface area contributed by atoms with Crippen LogP contribution in [0.3, 0.4) is 0 Å². The van der Waals surface area contributed by atoms with Crippen LogP contribution >= 0.6 is 11.8 Å². The van der Waals surface area contributed by atoms with E-state index >= 15 is 0 Å². The minimum absolute atomic E-state index is 0.130. The minimum atomic E-state index is -0.517. The zero-order valence-electron chi connectivity index (χ0n) is 17.4. The van der Waals surface area contributed by atoms with Gasteiger partial charge >= 0.3 is 0 Å². The summed E-state index contributed by atoms with van der Waals surface area (Å²) in [6, 6.07) is 20.4. The Balaban J connectivity index is 1.51. The smallest absolute Gasteiger partial charge is 0.266 e. The van der Waals surface area contributed by atoms with E-state index in [2.05, 4.69) is 15.1 Å². The number of hydrogen-bond acceptors (Lipinski definition) is 7. The minimum Gasteiger partial charge on any atom is -0.497 e. The molecule has 0 saturated carbocycles. The lowest BCUT2D eigenvalue weighted by molar-refractivity contribution is 0.391. The van der Waals surface area contributed by atoms with Crippen molar-refractivity contribution in [2.75, 3.05) is 7.11 Å². The monoisotopic (exact) mass is 460 g/mol. The Morgan fingerprint density at radius 2 is 1.85 bits per heavy atom. The number of benzene rings is 3. The van der Waals surface area contributed by atoms with Crippen LogP contribution in [0.25, 0.3) is 28.0 Å². The van der Waals surface area contributed by atoms with E-state index in [4.69, 9.17) is 9.26 Å². The molecule has 0 spiro atoms. The highest BCUT2D eigenvalue weighted by atomic mass is 32.2. The zero-order chi connectivity index (χ0) is 22.8. The molecule has 0 unspecified atom stereocenters. The second-order valence-electron chi connectivity index (χ2n) is 7.04. The standard InChI is InChI=1S/C24H17FN4O3S/c1-31-16-8-6-7-15(13-16)22-27-21(32-28-22)14-33-24-26-19-11-4-2-9-17(19)23(30)29(24)20-12-5-3-10-18(20)25/h2-13H,14H2,1H3. The number of methoxy groups -OCH3 is 1. The molecular formula is C24H17FN4O3S. The van der Waals surface area contributed by atoms with Crippen LogP contribution in [0.1, 0.15) is 5.89 Å². The molecule has 0 radical (unpaired) electrons. The molecule has 0 saturated heterocycles. The molecule has 7 nitrogen and oxygen atoms in total. The number of para-hydroxylation sites is 2. The van der Waals surface area contributed by atoms with Gasteiger partial charge in [0.05, 0.1) is 29.5 Å². The lowest BCUT2D eigenvalue weighted by atomic mass is 10.2. The van der Waals surface area contributed by atoms with Gasteiger partial charge in [-0.05, 0) is 36.4 Å². The molecule has 0 fully saturated rings. The molecule has 164 valence electrons. The van der Waals surface area contributed by atoms with Crippen molar-refractivity contribution in [3.05, 3.63) is 94.9 Å². The van der Waals surface area contributed by atoms with E-state index in [1.165, 1.54) is 22.4 Å². The highest BCUT2D eigenvalue weighted by Gasteiger charge is 2.17. The first-order chi connectivity index (χ1) is 16.1. The summed E-state index contributed by atoms with van der Waals surface area (Å²) in [4.78, 5) is 22.3. The summed E-state index contributed by atoms with van der Waals surface area (Å²) in [6.07, 6.45) is 0. The molecule has 5 aromatic rings. The number of nitrogens with zero attached hydrogens (tertiary/aromatic N) is 4. The van der Waals surface area contributed by atoms with Gasteiger partial charge in [-0.15, -0.1) is 0 Å². The Morgan fingerprint density at radius 3 is 2.70 bits per heavy atom. The quantitative estimate of drug-likeness (QED) is 0.264. The number of fused-ring (bicyclic) bond motifs is 1. The average Bonchev–Trinajstić information content (AvgIpc) is 3.33. The SMILES string of the molecule is COc1cccc(-c2noc(CSc3nc4ccccc4c(=O)n3-c3ccccc3F)n2)c1. The van der Waals surface area contributed by atoms with Crippen LogP contribution < -0.4 is 10.3 Å². The van der Waals surface area contributed by atoms with E-state index in [1.54, 1.807) is 49.6 Å². The maximum atomic E-state index is 14.6. The van der Waals surface area contributed by atoms with Crippen LogP contribution in [0.5, 0.6) is 5.75 Å². The number of halogens is 1. The van der Waals surface area contributed by atoms with Gasteiger partial charge in [-0.25, -0.2) is 9.37 Å². The summed E-state index contributed by atoms with van der Waals surface area (Å²) >= 11 is 1.21. The highest BCUT2D eigenvalue weighted by Crippen LogP contribution is 2.27. The van der Waals surface area contributed by atoms with Crippen molar-refractivity contribution in [3.63, 3.8) is 0 Å². The number of hydrogen-bond donors (Lipinski definition) is 0. The summed E-state index contributed by atoms with van der Waals surface area (Å²) < 4.78 is 26.5. The van der Waals surface area contributed by atoms with Gasteiger partial charge < -0.3 is 9.26 Å². The fourth-order valence-corrected chi connectivity index (χ4v) is 4.22. The van der Waals surface area contributed by atoms with Crippen molar-refractivity contribution >= 4 is 22.7 Å². The van der Waals surface area contributed by atoms with Crippen LogP contribution in [0.15, 0.2) is 87.3 Å². The van der Waals surface area contributed by atoms with Gasteiger partial charge in [0.1, 0.15) is 11.6 Å². The molecule has 2 heterocycles. The Bertz CT molecular complexity index is 1520. The van der Waals surface area contributed by atoms with Crippen LogP contribution in [-0.2, 0) is 5.75 Å². The summed E-state index contributed by atoms with van der Waals surface area (Å²) in [5.74, 6) is 1.18. The van der Waals surface area contributed by atoms with Gasteiger partial charge in [-0.3, -0.25) is 9.36 Å². The van der Waals surface area contributed by atoms with E-state index in [0.29, 0.717) is 33.5 Å². The van der Waals surface area contributed by atoms with E-state index in [0.717, 1.165) is 5.56 Å². The molecule has 0 atom stereocenters. The van der Waals surface area contributed by atoms with Crippen molar-refractivity contribution in [2.24, 2.45) is 0 Å². The first-order valence-electron chi connectivity index (χ1n) is 10.0. The Labute approximate surface area is 191 Å². The van der Waals surface area contributed by atoms with Crippen molar-refractivity contribution in [3.8, 4) is 22.8 Å². The van der Waals surface area contributed by atoms with Crippen LogP contribution in [0.2, 0.25) is 0 Å². The maximum absolute atomic E-state index is 14.6. The number of thioether (sulfide) groups is 1. The number of rotatable bonds is 6. The van der Waals surface area contributed by atoms with Crippen LogP contribution in [0, 0.1) is 5.82 Å². The number of aromatic nitrogens is 4. The molecule has 3 aromatic carbocycles. The predicted octanol–water partition coefficient (Wildman–Crippen LogP) is 4.88. The first-order valence-corrected chi connectivity index (χ1v) is 11.0. The molecule has 0 N–H and O–H groups in total. The third-order valence-electron chi connectivity index (χ3n) is 4.96. The Kier molecular flexibility index (Phi) is 5.62. The van der Waals surface area contributed by atoms with Crippen LogP contribution in [-0.4, -0.2) is 26.8 Å². The lowest BCUT2D eigenvalue weighted by Gasteiger charge is -2.13.